The predicted molar refractivity (Wildman–Crippen MR) is 89.1 cm³/mol. The zero-order valence-corrected chi connectivity index (χ0v) is 13.6. The molecule has 0 saturated heterocycles. The summed E-state index contributed by atoms with van der Waals surface area (Å²) in [6.45, 7) is 2.90. The molecule has 0 aliphatic rings. The molecule has 0 bridgehead atoms. The van der Waals surface area contributed by atoms with E-state index in [1.54, 1.807) is 0 Å². The van der Waals surface area contributed by atoms with Crippen molar-refractivity contribution in [3.8, 4) is 0 Å². The molecule has 1 rings (SSSR count). The normalized spacial score (nSPS) is 9.10. The van der Waals surface area contributed by atoms with Gasteiger partial charge in [-0.15, -0.1) is 24.8 Å². The number of hydrogen-bond donors (Lipinski definition) is 2. The van der Waals surface area contributed by atoms with Gasteiger partial charge in [0.15, 0.2) is 0 Å². The van der Waals surface area contributed by atoms with Gasteiger partial charge in [-0.25, -0.2) is 0 Å². The number of anilines is 2. The van der Waals surface area contributed by atoms with Crippen molar-refractivity contribution in [2.45, 2.75) is 32.6 Å². The maximum absolute atomic E-state index is 10.9. The second-order valence-electron chi connectivity index (χ2n) is 4.38. The zero-order chi connectivity index (χ0) is 13.4. The molecule has 0 aliphatic carbocycles. The standard InChI is InChI=1S/C14H22N2O2.2ClH/c1-11-10-12(7-8-13(11)15)16-9-5-3-4-6-14(17)18-2;;/h7-8,10,16H,3-6,9,15H2,1-2H3;2*1H. The number of nitrogens with one attached hydrogen (secondary N) is 1. The van der Waals surface area contributed by atoms with Gasteiger partial charge in [0, 0.05) is 24.3 Å². The van der Waals surface area contributed by atoms with Crippen LogP contribution in [0.5, 0.6) is 0 Å². The van der Waals surface area contributed by atoms with Crippen LogP contribution in [0.2, 0.25) is 0 Å². The minimum atomic E-state index is -0.128. The lowest BCUT2D eigenvalue weighted by molar-refractivity contribution is -0.140. The Hall–Kier alpha value is -1.13. The first-order chi connectivity index (χ1) is 8.63. The molecular formula is C14H24Cl2N2O2. The van der Waals surface area contributed by atoms with Crippen LogP contribution in [0.15, 0.2) is 18.2 Å². The van der Waals surface area contributed by atoms with E-state index < -0.39 is 0 Å². The smallest absolute Gasteiger partial charge is 0.305 e. The number of nitrogens with two attached hydrogens (primary N) is 1. The van der Waals surface area contributed by atoms with Crippen LogP contribution >= 0.6 is 24.8 Å². The Balaban J connectivity index is 0. The molecule has 20 heavy (non-hydrogen) atoms. The number of unbranched alkanes of at least 4 members (excludes halogenated alkanes) is 2. The van der Waals surface area contributed by atoms with E-state index in [0.29, 0.717) is 6.42 Å². The number of aryl methyl sites for hydroxylation is 1. The highest BCUT2D eigenvalue weighted by Crippen LogP contribution is 2.16. The van der Waals surface area contributed by atoms with Crippen molar-refractivity contribution < 1.29 is 9.53 Å². The molecule has 116 valence electrons. The zero-order valence-electron chi connectivity index (χ0n) is 12.0. The van der Waals surface area contributed by atoms with E-state index in [1.807, 2.05) is 25.1 Å². The van der Waals surface area contributed by atoms with Crippen LogP contribution in [0.3, 0.4) is 0 Å². The van der Waals surface area contributed by atoms with Crippen molar-refractivity contribution in [3.63, 3.8) is 0 Å². The molecule has 3 N–H and O–H groups in total. The summed E-state index contributed by atoms with van der Waals surface area (Å²) in [6, 6.07) is 5.94. The van der Waals surface area contributed by atoms with Crippen LogP contribution in [0.25, 0.3) is 0 Å². The largest absolute Gasteiger partial charge is 0.469 e. The molecule has 0 saturated carbocycles. The summed E-state index contributed by atoms with van der Waals surface area (Å²) in [7, 11) is 1.42. The molecule has 0 atom stereocenters. The van der Waals surface area contributed by atoms with Gasteiger partial charge in [-0.1, -0.05) is 6.42 Å². The quantitative estimate of drug-likeness (QED) is 0.457. The van der Waals surface area contributed by atoms with Gasteiger partial charge in [0.25, 0.3) is 0 Å². The minimum absolute atomic E-state index is 0. The summed E-state index contributed by atoms with van der Waals surface area (Å²) < 4.78 is 4.58. The van der Waals surface area contributed by atoms with Crippen LogP contribution in [-0.4, -0.2) is 19.6 Å². The first kappa shape index (κ1) is 21.2. The Bertz CT molecular complexity index is 401. The Kier molecular flexibility index (Phi) is 12.4. The highest BCUT2D eigenvalue weighted by molar-refractivity contribution is 5.85. The van der Waals surface area contributed by atoms with Gasteiger partial charge < -0.3 is 15.8 Å². The molecule has 0 heterocycles. The van der Waals surface area contributed by atoms with Gasteiger partial charge in [-0.3, -0.25) is 4.79 Å². The van der Waals surface area contributed by atoms with Gasteiger partial charge in [-0.2, -0.15) is 0 Å². The van der Waals surface area contributed by atoms with Crippen LogP contribution in [0, 0.1) is 6.92 Å². The second-order valence-corrected chi connectivity index (χ2v) is 4.38. The molecule has 1 aromatic carbocycles. The third kappa shape index (κ3) is 8.12. The van der Waals surface area contributed by atoms with Crippen molar-refractivity contribution >= 4 is 42.2 Å². The average molecular weight is 323 g/mol. The lowest BCUT2D eigenvalue weighted by Gasteiger charge is -2.08. The van der Waals surface area contributed by atoms with Crippen LogP contribution < -0.4 is 11.1 Å². The second kappa shape index (κ2) is 11.7. The third-order valence-electron chi connectivity index (χ3n) is 2.88. The minimum Gasteiger partial charge on any atom is -0.469 e. The highest BCUT2D eigenvalue weighted by atomic mass is 35.5. The molecule has 0 amide bonds. The Labute approximate surface area is 133 Å². The van der Waals surface area contributed by atoms with Gasteiger partial charge in [-0.05, 0) is 43.5 Å². The van der Waals surface area contributed by atoms with E-state index in [9.17, 15) is 4.79 Å². The Morgan fingerprint density at radius 1 is 1.25 bits per heavy atom. The summed E-state index contributed by atoms with van der Waals surface area (Å²) in [5.74, 6) is -0.128. The molecule has 0 unspecified atom stereocenters. The molecule has 0 aromatic heterocycles. The molecular weight excluding hydrogens is 299 g/mol. The number of methoxy groups -OCH3 is 1. The highest BCUT2D eigenvalue weighted by Gasteiger charge is 1.99. The first-order valence-electron chi connectivity index (χ1n) is 6.30. The fourth-order valence-electron chi connectivity index (χ4n) is 1.69. The van der Waals surface area contributed by atoms with Gasteiger partial charge >= 0.3 is 5.97 Å². The lowest BCUT2D eigenvalue weighted by Crippen LogP contribution is -2.03. The molecule has 1 aromatic rings. The number of halogens is 2. The van der Waals surface area contributed by atoms with E-state index in [2.05, 4.69) is 10.1 Å². The topological polar surface area (TPSA) is 64.3 Å². The monoisotopic (exact) mass is 322 g/mol. The van der Waals surface area contributed by atoms with Crippen LogP contribution in [0.4, 0.5) is 11.4 Å². The predicted octanol–water partition coefficient (Wildman–Crippen LogP) is 3.57. The fourth-order valence-corrected chi connectivity index (χ4v) is 1.69. The van der Waals surface area contributed by atoms with Crippen molar-refractivity contribution in [1.29, 1.82) is 0 Å². The van der Waals surface area contributed by atoms with E-state index >= 15 is 0 Å². The maximum Gasteiger partial charge on any atom is 0.305 e. The summed E-state index contributed by atoms with van der Waals surface area (Å²) in [5.41, 5.74) is 8.75. The molecule has 6 heteroatoms. The van der Waals surface area contributed by atoms with Gasteiger partial charge in [0.2, 0.25) is 0 Å². The van der Waals surface area contributed by atoms with E-state index in [0.717, 1.165) is 42.7 Å². The third-order valence-corrected chi connectivity index (χ3v) is 2.88. The van der Waals surface area contributed by atoms with Crippen molar-refractivity contribution in [3.05, 3.63) is 23.8 Å². The number of benzene rings is 1. The summed E-state index contributed by atoms with van der Waals surface area (Å²) >= 11 is 0. The van der Waals surface area contributed by atoms with E-state index in [-0.39, 0.29) is 30.8 Å². The summed E-state index contributed by atoms with van der Waals surface area (Å²) in [6.07, 6.45) is 3.46. The lowest BCUT2D eigenvalue weighted by atomic mass is 10.1. The van der Waals surface area contributed by atoms with Crippen molar-refractivity contribution in [2.75, 3.05) is 24.7 Å². The molecule has 0 fully saturated rings. The Morgan fingerprint density at radius 2 is 1.95 bits per heavy atom. The number of rotatable bonds is 7. The molecule has 0 spiro atoms. The fraction of sp³-hybridized carbons (Fsp3) is 0.500. The van der Waals surface area contributed by atoms with Crippen molar-refractivity contribution in [1.82, 2.24) is 0 Å². The molecule has 4 nitrogen and oxygen atoms in total. The SMILES string of the molecule is COC(=O)CCCCCNc1ccc(N)c(C)c1.Cl.Cl. The maximum atomic E-state index is 10.9. The Morgan fingerprint density at radius 3 is 2.55 bits per heavy atom. The van der Waals surface area contributed by atoms with Crippen LogP contribution in [-0.2, 0) is 9.53 Å². The van der Waals surface area contributed by atoms with E-state index in [4.69, 9.17) is 5.73 Å². The summed E-state index contributed by atoms with van der Waals surface area (Å²) in [5, 5.41) is 3.34. The molecule has 0 radical (unpaired) electrons. The number of carbonyl (C=O) groups is 1. The van der Waals surface area contributed by atoms with Crippen LogP contribution in [0.1, 0.15) is 31.2 Å². The van der Waals surface area contributed by atoms with Crippen molar-refractivity contribution in [2.24, 2.45) is 0 Å². The number of carbonyl (C=O) groups excluding carboxylic acids is 1. The first-order valence-corrected chi connectivity index (χ1v) is 6.30. The van der Waals surface area contributed by atoms with Gasteiger partial charge in [0.1, 0.15) is 0 Å². The number of esters is 1. The van der Waals surface area contributed by atoms with Gasteiger partial charge in [0.05, 0.1) is 7.11 Å². The molecule has 0 aliphatic heterocycles. The average Bonchev–Trinajstić information content (AvgIpc) is 2.37. The number of nitrogen functional groups attached to an aromatic ring is 1. The van der Waals surface area contributed by atoms with E-state index in [1.165, 1.54) is 7.11 Å². The summed E-state index contributed by atoms with van der Waals surface area (Å²) in [4.78, 5) is 10.9. The number of ether oxygens (including phenoxy) is 1. The number of hydrogen-bond acceptors (Lipinski definition) is 4.